The normalized spacial score (nSPS) is 17.7. The summed E-state index contributed by atoms with van der Waals surface area (Å²) in [5, 5.41) is 0. The van der Waals surface area contributed by atoms with Crippen molar-refractivity contribution in [1.82, 2.24) is 4.90 Å². The molecular weight excluding hydrogens is 226 g/mol. The number of para-hydroxylation sites is 1. The summed E-state index contributed by atoms with van der Waals surface area (Å²) in [4.78, 5) is 16.1. The summed E-state index contributed by atoms with van der Waals surface area (Å²) in [6.07, 6.45) is 0.706. The Labute approximate surface area is 108 Å². The molecule has 0 saturated carbocycles. The Balaban J connectivity index is 1.90. The average molecular weight is 247 g/mol. The summed E-state index contributed by atoms with van der Waals surface area (Å²) in [5.41, 5.74) is 7.01. The van der Waals surface area contributed by atoms with E-state index in [2.05, 4.69) is 17.0 Å². The molecule has 1 atom stereocenters. The Kier molecular flexibility index (Phi) is 4.20. The van der Waals surface area contributed by atoms with Crippen molar-refractivity contribution in [3.63, 3.8) is 0 Å². The number of hydrogen-bond donors (Lipinski definition) is 1. The maximum atomic E-state index is 12.0. The molecule has 0 aliphatic carbocycles. The van der Waals surface area contributed by atoms with E-state index in [0.29, 0.717) is 6.42 Å². The summed E-state index contributed by atoms with van der Waals surface area (Å²) < 4.78 is 0. The number of hydrogen-bond acceptors (Lipinski definition) is 3. The van der Waals surface area contributed by atoms with E-state index in [0.717, 1.165) is 26.2 Å². The van der Waals surface area contributed by atoms with E-state index in [1.54, 1.807) is 0 Å². The maximum absolute atomic E-state index is 12.0. The topological polar surface area (TPSA) is 49.6 Å². The highest BCUT2D eigenvalue weighted by Crippen LogP contribution is 2.15. The van der Waals surface area contributed by atoms with Gasteiger partial charge in [0.2, 0.25) is 5.91 Å². The number of amides is 1. The van der Waals surface area contributed by atoms with Gasteiger partial charge in [-0.05, 0) is 18.6 Å². The highest BCUT2D eigenvalue weighted by atomic mass is 16.2. The van der Waals surface area contributed by atoms with Gasteiger partial charge in [0, 0.05) is 31.9 Å². The van der Waals surface area contributed by atoms with E-state index < -0.39 is 0 Å². The Hall–Kier alpha value is -1.55. The van der Waals surface area contributed by atoms with Gasteiger partial charge < -0.3 is 15.5 Å². The van der Waals surface area contributed by atoms with Crippen molar-refractivity contribution in [2.45, 2.75) is 19.4 Å². The van der Waals surface area contributed by atoms with Crippen LogP contribution in [-0.2, 0) is 4.79 Å². The molecular formula is C14H21N3O. The lowest BCUT2D eigenvalue weighted by Crippen LogP contribution is -2.53. The molecule has 1 amide bonds. The van der Waals surface area contributed by atoms with Gasteiger partial charge in [0.05, 0.1) is 6.04 Å². The number of nitrogens with zero attached hydrogens (tertiary/aromatic N) is 2. The Morgan fingerprint density at radius 3 is 2.39 bits per heavy atom. The van der Waals surface area contributed by atoms with Gasteiger partial charge >= 0.3 is 0 Å². The molecule has 18 heavy (non-hydrogen) atoms. The third kappa shape index (κ3) is 2.82. The van der Waals surface area contributed by atoms with Gasteiger partial charge in [0.1, 0.15) is 0 Å². The first-order chi connectivity index (χ1) is 8.72. The van der Waals surface area contributed by atoms with Gasteiger partial charge in [0.25, 0.3) is 0 Å². The number of piperazine rings is 1. The van der Waals surface area contributed by atoms with Gasteiger partial charge in [-0.15, -0.1) is 0 Å². The van der Waals surface area contributed by atoms with Crippen LogP contribution >= 0.6 is 0 Å². The van der Waals surface area contributed by atoms with Crippen LogP contribution in [0.2, 0.25) is 0 Å². The largest absolute Gasteiger partial charge is 0.368 e. The Bertz CT molecular complexity index is 385. The third-order valence-electron chi connectivity index (χ3n) is 3.47. The highest BCUT2D eigenvalue weighted by molar-refractivity contribution is 5.81. The zero-order valence-electron chi connectivity index (χ0n) is 10.9. The molecule has 2 rings (SSSR count). The van der Waals surface area contributed by atoms with Gasteiger partial charge in [-0.3, -0.25) is 4.79 Å². The molecule has 1 heterocycles. The fourth-order valence-electron chi connectivity index (χ4n) is 2.23. The van der Waals surface area contributed by atoms with E-state index >= 15 is 0 Å². The number of carbonyl (C=O) groups is 1. The molecule has 1 aromatic rings. The van der Waals surface area contributed by atoms with Gasteiger partial charge in [-0.2, -0.15) is 0 Å². The predicted octanol–water partition coefficient (Wildman–Crippen LogP) is 1.07. The van der Waals surface area contributed by atoms with E-state index in [-0.39, 0.29) is 11.9 Å². The lowest BCUT2D eigenvalue weighted by atomic mass is 10.2. The third-order valence-corrected chi connectivity index (χ3v) is 3.47. The summed E-state index contributed by atoms with van der Waals surface area (Å²) in [6.45, 7) is 5.24. The van der Waals surface area contributed by atoms with Crippen molar-refractivity contribution >= 4 is 11.6 Å². The minimum Gasteiger partial charge on any atom is -0.368 e. The molecule has 2 N–H and O–H groups in total. The maximum Gasteiger partial charge on any atom is 0.239 e. The van der Waals surface area contributed by atoms with Gasteiger partial charge in [-0.25, -0.2) is 0 Å². The zero-order valence-corrected chi connectivity index (χ0v) is 10.9. The first-order valence-corrected chi connectivity index (χ1v) is 6.56. The smallest absolute Gasteiger partial charge is 0.239 e. The van der Waals surface area contributed by atoms with Crippen molar-refractivity contribution < 1.29 is 4.79 Å². The van der Waals surface area contributed by atoms with Gasteiger partial charge in [0.15, 0.2) is 0 Å². The van der Waals surface area contributed by atoms with E-state index in [1.807, 2.05) is 30.0 Å². The van der Waals surface area contributed by atoms with Crippen molar-refractivity contribution in [2.24, 2.45) is 5.73 Å². The van der Waals surface area contributed by atoms with Crippen LogP contribution in [-0.4, -0.2) is 43.0 Å². The first kappa shape index (κ1) is 12.9. The zero-order chi connectivity index (χ0) is 13.0. The number of nitrogens with two attached hydrogens (primary N) is 1. The fourth-order valence-corrected chi connectivity index (χ4v) is 2.23. The van der Waals surface area contributed by atoms with Crippen LogP contribution in [0.4, 0.5) is 5.69 Å². The molecule has 0 aromatic heterocycles. The second-order valence-electron chi connectivity index (χ2n) is 4.66. The summed E-state index contributed by atoms with van der Waals surface area (Å²) in [6, 6.07) is 9.97. The average Bonchev–Trinajstić information content (AvgIpc) is 2.47. The van der Waals surface area contributed by atoms with Crippen LogP contribution in [0.1, 0.15) is 13.3 Å². The van der Waals surface area contributed by atoms with Crippen molar-refractivity contribution in [3.05, 3.63) is 30.3 Å². The lowest BCUT2D eigenvalue weighted by Gasteiger charge is -2.37. The molecule has 0 radical (unpaired) electrons. The SMILES string of the molecule is CC[C@@H](N)C(=O)N1CCN(c2ccccc2)CC1. The second kappa shape index (κ2) is 5.87. The minimum absolute atomic E-state index is 0.0882. The van der Waals surface area contributed by atoms with Crippen molar-refractivity contribution in [2.75, 3.05) is 31.1 Å². The number of carbonyl (C=O) groups excluding carboxylic acids is 1. The molecule has 98 valence electrons. The monoisotopic (exact) mass is 247 g/mol. The van der Waals surface area contributed by atoms with E-state index in [4.69, 9.17) is 5.73 Å². The lowest BCUT2D eigenvalue weighted by molar-refractivity contribution is -0.132. The molecule has 1 aliphatic rings. The fraction of sp³-hybridized carbons (Fsp3) is 0.500. The van der Waals surface area contributed by atoms with Gasteiger partial charge in [-0.1, -0.05) is 25.1 Å². The summed E-state index contributed by atoms with van der Waals surface area (Å²) in [5.74, 6) is 0.0882. The standard InChI is InChI=1S/C14H21N3O/c1-2-13(15)14(18)17-10-8-16(9-11-17)12-6-4-3-5-7-12/h3-7,13H,2,8-11,15H2,1H3/t13-/m1/s1. The van der Waals surface area contributed by atoms with Crippen LogP contribution in [0.25, 0.3) is 0 Å². The molecule has 0 unspecified atom stereocenters. The number of anilines is 1. The van der Waals surface area contributed by atoms with Crippen molar-refractivity contribution in [3.8, 4) is 0 Å². The summed E-state index contributed by atoms with van der Waals surface area (Å²) >= 11 is 0. The molecule has 4 nitrogen and oxygen atoms in total. The molecule has 1 aliphatic heterocycles. The van der Waals surface area contributed by atoms with E-state index in [1.165, 1.54) is 5.69 Å². The quantitative estimate of drug-likeness (QED) is 0.869. The molecule has 1 saturated heterocycles. The molecule has 1 fully saturated rings. The van der Waals surface area contributed by atoms with Crippen LogP contribution in [0, 0.1) is 0 Å². The van der Waals surface area contributed by atoms with Crippen LogP contribution < -0.4 is 10.6 Å². The van der Waals surface area contributed by atoms with Crippen LogP contribution in [0.3, 0.4) is 0 Å². The van der Waals surface area contributed by atoms with E-state index in [9.17, 15) is 4.79 Å². The minimum atomic E-state index is -0.340. The predicted molar refractivity (Wildman–Crippen MR) is 73.5 cm³/mol. The summed E-state index contributed by atoms with van der Waals surface area (Å²) in [7, 11) is 0. The molecule has 0 spiro atoms. The Morgan fingerprint density at radius 2 is 1.83 bits per heavy atom. The highest BCUT2D eigenvalue weighted by Gasteiger charge is 2.24. The molecule has 4 heteroatoms. The molecule has 1 aromatic carbocycles. The van der Waals surface area contributed by atoms with Crippen molar-refractivity contribution in [1.29, 1.82) is 0 Å². The second-order valence-corrected chi connectivity index (χ2v) is 4.66. The number of benzene rings is 1. The van der Waals surface area contributed by atoms with Crippen LogP contribution in [0.5, 0.6) is 0 Å². The first-order valence-electron chi connectivity index (χ1n) is 6.56. The molecule has 0 bridgehead atoms. The number of rotatable bonds is 3. The van der Waals surface area contributed by atoms with Crippen LogP contribution in [0.15, 0.2) is 30.3 Å². The Morgan fingerprint density at radius 1 is 1.22 bits per heavy atom.